The summed E-state index contributed by atoms with van der Waals surface area (Å²) in [7, 11) is -7.73. The maximum absolute atomic E-state index is 12.9. The van der Waals surface area contributed by atoms with Crippen LogP contribution in [-0.2, 0) is 20.0 Å². The van der Waals surface area contributed by atoms with E-state index in [2.05, 4.69) is 19.4 Å². The molecule has 2 aromatic carbocycles. The molecule has 1 heterocycles. The van der Waals surface area contributed by atoms with Crippen molar-refractivity contribution in [3.8, 4) is 0 Å². The van der Waals surface area contributed by atoms with Gasteiger partial charge in [0.25, 0.3) is 20.0 Å². The predicted molar refractivity (Wildman–Crippen MR) is 120 cm³/mol. The molecule has 0 fully saturated rings. The largest absolute Gasteiger partial charge is 0.280 e. The number of rotatable bonds is 6. The SMILES string of the molecule is Cc1cc(C)c(S(=O)(=O)Nc2ccc(S(=O)(=O)Nc3cc(C)nc(C)n3)cc2)c(C)c1. The molecule has 0 amide bonds. The number of sulfonamides is 2. The van der Waals surface area contributed by atoms with E-state index in [1.54, 1.807) is 39.8 Å². The van der Waals surface area contributed by atoms with Crippen LogP contribution in [-0.4, -0.2) is 26.8 Å². The Kier molecular flexibility index (Phi) is 6.06. The molecule has 2 N–H and O–H groups in total. The van der Waals surface area contributed by atoms with E-state index in [0.29, 0.717) is 22.6 Å². The van der Waals surface area contributed by atoms with Crippen molar-refractivity contribution < 1.29 is 16.8 Å². The van der Waals surface area contributed by atoms with Gasteiger partial charge in [-0.2, -0.15) is 0 Å². The topological polar surface area (TPSA) is 118 Å². The molecule has 1 aromatic heterocycles. The van der Waals surface area contributed by atoms with Gasteiger partial charge in [-0.1, -0.05) is 17.7 Å². The number of nitrogens with one attached hydrogen (secondary N) is 2. The second-order valence-electron chi connectivity index (χ2n) is 7.40. The number of nitrogens with zero attached hydrogens (tertiary/aromatic N) is 2. The van der Waals surface area contributed by atoms with E-state index < -0.39 is 20.0 Å². The summed E-state index contributed by atoms with van der Waals surface area (Å²) in [6.45, 7) is 8.80. The van der Waals surface area contributed by atoms with Crippen molar-refractivity contribution in [1.29, 1.82) is 0 Å². The minimum Gasteiger partial charge on any atom is -0.280 e. The summed E-state index contributed by atoms with van der Waals surface area (Å²) in [5.41, 5.74) is 3.15. The highest BCUT2D eigenvalue weighted by Crippen LogP contribution is 2.25. The minimum absolute atomic E-state index is 0.0212. The first kappa shape index (κ1) is 22.7. The van der Waals surface area contributed by atoms with Crippen LogP contribution in [0.3, 0.4) is 0 Å². The highest BCUT2D eigenvalue weighted by molar-refractivity contribution is 7.93. The second-order valence-corrected chi connectivity index (χ2v) is 10.7. The van der Waals surface area contributed by atoms with Crippen molar-refractivity contribution in [2.45, 2.75) is 44.4 Å². The molecule has 0 saturated heterocycles. The summed E-state index contributed by atoms with van der Waals surface area (Å²) in [5, 5.41) is 0. The minimum atomic E-state index is -3.90. The smallest absolute Gasteiger partial charge is 0.263 e. The molecule has 10 heteroatoms. The molecule has 0 saturated carbocycles. The van der Waals surface area contributed by atoms with Crippen molar-refractivity contribution >= 4 is 31.6 Å². The fraction of sp³-hybridized carbons (Fsp3) is 0.238. The Morgan fingerprint density at radius 1 is 0.710 bits per heavy atom. The highest BCUT2D eigenvalue weighted by atomic mass is 32.2. The van der Waals surface area contributed by atoms with E-state index in [1.807, 2.05) is 6.92 Å². The molecule has 3 aromatic rings. The first-order valence-electron chi connectivity index (χ1n) is 9.43. The molecule has 0 aliphatic rings. The van der Waals surface area contributed by atoms with Crippen LogP contribution >= 0.6 is 0 Å². The third kappa shape index (κ3) is 5.20. The molecule has 0 atom stereocenters. The van der Waals surface area contributed by atoms with E-state index in [-0.39, 0.29) is 21.3 Å². The lowest BCUT2D eigenvalue weighted by Crippen LogP contribution is -2.17. The molecule has 3 rings (SSSR count). The summed E-state index contributed by atoms with van der Waals surface area (Å²) >= 11 is 0. The molecule has 0 unspecified atom stereocenters. The molecule has 0 aliphatic heterocycles. The van der Waals surface area contributed by atoms with Gasteiger partial charge in [-0.05, 0) is 70.0 Å². The first-order chi connectivity index (χ1) is 14.4. The fourth-order valence-electron chi connectivity index (χ4n) is 3.46. The van der Waals surface area contributed by atoms with Crippen LogP contribution in [0.15, 0.2) is 52.3 Å². The quantitative estimate of drug-likeness (QED) is 0.580. The van der Waals surface area contributed by atoms with Crippen molar-refractivity contribution in [3.63, 3.8) is 0 Å². The lowest BCUT2D eigenvalue weighted by Gasteiger charge is -2.14. The Balaban J connectivity index is 1.84. The van der Waals surface area contributed by atoms with Crippen molar-refractivity contribution in [1.82, 2.24) is 9.97 Å². The average Bonchev–Trinajstić information content (AvgIpc) is 2.59. The van der Waals surface area contributed by atoms with Crippen LogP contribution in [0.1, 0.15) is 28.2 Å². The van der Waals surface area contributed by atoms with Gasteiger partial charge in [0.1, 0.15) is 11.6 Å². The Labute approximate surface area is 182 Å². The van der Waals surface area contributed by atoms with Crippen LogP contribution in [0.25, 0.3) is 0 Å². The van der Waals surface area contributed by atoms with E-state index in [9.17, 15) is 16.8 Å². The lowest BCUT2D eigenvalue weighted by atomic mass is 10.1. The zero-order valence-corrected chi connectivity index (χ0v) is 19.5. The Morgan fingerprint density at radius 3 is 1.84 bits per heavy atom. The summed E-state index contributed by atoms with van der Waals surface area (Å²) in [4.78, 5) is 8.38. The van der Waals surface area contributed by atoms with Crippen molar-refractivity contribution in [2.24, 2.45) is 0 Å². The number of aromatic nitrogens is 2. The van der Waals surface area contributed by atoms with Crippen LogP contribution in [0.4, 0.5) is 11.5 Å². The molecule has 164 valence electrons. The second kappa shape index (κ2) is 8.27. The van der Waals surface area contributed by atoms with Gasteiger partial charge in [0, 0.05) is 17.4 Å². The van der Waals surface area contributed by atoms with Crippen LogP contribution in [0, 0.1) is 34.6 Å². The van der Waals surface area contributed by atoms with Gasteiger partial charge in [-0.15, -0.1) is 0 Å². The molecule has 31 heavy (non-hydrogen) atoms. The van der Waals surface area contributed by atoms with E-state index >= 15 is 0 Å². The number of hydrogen-bond acceptors (Lipinski definition) is 6. The van der Waals surface area contributed by atoms with Crippen molar-refractivity contribution in [2.75, 3.05) is 9.44 Å². The fourth-order valence-corrected chi connectivity index (χ4v) is 5.97. The van der Waals surface area contributed by atoms with Gasteiger partial charge in [0.2, 0.25) is 0 Å². The Bertz CT molecular complexity index is 1310. The molecule has 0 aliphatic carbocycles. The predicted octanol–water partition coefficient (Wildman–Crippen LogP) is 3.62. The van der Waals surface area contributed by atoms with Gasteiger partial charge in [0.05, 0.1) is 9.79 Å². The Morgan fingerprint density at radius 2 is 1.29 bits per heavy atom. The summed E-state index contributed by atoms with van der Waals surface area (Å²) in [6, 6.07) is 10.6. The van der Waals surface area contributed by atoms with Crippen LogP contribution in [0.5, 0.6) is 0 Å². The standard InChI is InChI=1S/C21H24N4O4S2/c1-13-10-14(2)21(15(3)11-13)31(28,29)24-18-6-8-19(9-7-18)30(26,27)25-20-12-16(4)22-17(5)23-20/h6-12,24H,1-5H3,(H,22,23,25). The molecule has 8 nitrogen and oxygen atoms in total. The first-order valence-corrected chi connectivity index (χ1v) is 12.4. The van der Waals surface area contributed by atoms with Gasteiger partial charge in [-0.3, -0.25) is 9.44 Å². The van der Waals surface area contributed by atoms with Gasteiger partial charge in [-0.25, -0.2) is 26.8 Å². The third-order valence-electron chi connectivity index (χ3n) is 4.50. The zero-order chi connectivity index (χ0) is 23.0. The third-order valence-corrected chi connectivity index (χ3v) is 7.55. The number of benzene rings is 2. The van der Waals surface area contributed by atoms with E-state index in [4.69, 9.17) is 0 Å². The summed E-state index contributed by atoms with van der Waals surface area (Å²) in [5.74, 6) is 0.615. The Hall–Kier alpha value is -2.98. The lowest BCUT2D eigenvalue weighted by molar-refractivity contribution is 0.599. The maximum atomic E-state index is 12.9. The number of hydrogen-bond donors (Lipinski definition) is 2. The van der Waals surface area contributed by atoms with Crippen molar-refractivity contribution in [3.05, 3.63) is 70.7 Å². The maximum Gasteiger partial charge on any atom is 0.263 e. The number of aryl methyl sites for hydroxylation is 5. The van der Waals surface area contributed by atoms with Crippen LogP contribution in [0.2, 0.25) is 0 Å². The van der Waals surface area contributed by atoms with E-state index in [1.165, 1.54) is 30.3 Å². The highest BCUT2D eigenvalue weighted by Gasteiger charge is 2.21. The average molecular weight is 461 g/mol. The molecule has 0 bridgehead atoms. The van der Waals surface area contributed by atoms with Gasteiger partial charge in [0.15, 0.2) is 0 Å². The summed E-state index contributed by atoms with van der Waals surface area (Å²) in [6.07, 6.45) is 0. The molecular formula is C21H24N4O4S2. The monoisotopic (exact) mass is 460 g/mol. The molecule has 0 radical (unpaired) electrons. The van der Waals surface area contributed by atoms with E-state index in [0.717, 1.165) is 5.56 Å². The van der Waals surface area contributed by atoms with Gasteiger partial charge < -0.3 is 0 Å². The summed E-state index contributed by atoms with van der Waals surface area (Å²) < 4.78 is 56.0. The molecular weight excluding hydrogens is 436 g/mol. The normalized spacial score (nSPS) is 11.9. The van der Waals surface area contributed by atoms with Crippen LogP contribution < -0.4 is 9.44 Å². The van der Waals surface area contributed by atoms with Gasteiger partial charge >= 0.3 is 0 Å². The molecule has 0 spiro atoms. The zero-order valence-electron chi connectivity index (χ0n) is 17.9. The number of anilines is 2.